The molecule has 28 heavy (non-hydrogen) atoms. The monoisotopic (exact) mass is 402 g/mol. The van der Waals surface area contributed by atoms with Gasteiger partial charge < -0.3 is 4.90 Å². The zero-order chi connectivity index (χ0) is 19.5. The molecule has 7 nitrogen and oxygen atoms in total. The van der Waals surface area contributed by atoms with E-state index in [0.717, 1.165) is 48.4 Å². The smallest absolute Gasteiger partial charge is 0.244 e. The van der Waals surface area contributed by atoms with E-state index in [1.165, 1.54) is 12.8 Å². The van der Waals surface area contributed by atoms with Crippen LogP contribution in [0.15, 0.2) is 24.3 Å². The number of hydrogen-bond donors (Lipinski definition) is 0. The summed E-state index contributed by atoms with van der Waals surface area (Å²) < 4.78 is 1.66. The normalized spacial score (nSPS) is 21.4. The summed E-state index contributed by atoms with van der Waals surface area (Å²) in [4.78, 5) is 17.1. The first-order valence-electron chi connectivity index (χ1n) is 10.1. The molecule has 2 aliphatic heterocycles. The Morgan fingerprint density at radius 3 is 2.75 bits per heavy atom. The molecule has 3 heterocycles. The lowest BCUT2D eigenvalue weighted by atomic mass is 9.98. The van der Waals surface area contributed by atoms with Crippen molar-refractivity contribution in [3.05, 3.63) is 40.7 Å². The van der Waals surface area contributed by atoms with Gasteiger partial charge in [-0.3, -0.25) is 9.69 Å². The largest absolute Gasteiger partial charge is 0.340 e. The molecule has 1 atom stereocenters. The van der Waals surface area contributed by atoms with Crippen molar-refractivity contribution in [1.29, 1.82) is 0 Å². The molecule has 2 aromatic rings. The molecule has 0 saturated carbocycles. The van der Waals surface area contributed by atoms with E-state index in [-0.39, 0.29) is 12.5 Å². The molecule has 2 aliphatic rings. The molecule has 1 aromatic heterocycles. The van der Waals surface area contributed by atoms with E-state index in [4.69, 9.17) is 11.6 Å². The second-order valence-electron chi connectivity index (χ2n) is 8.06. The molecular formula is C20H27ClN6O. The molecule has 0 bridgehead atoms. The third-order valence-electron chi connectivity index (χ3n) is 6.02. The molecule has 4 rings (SSSR count). The fraction of sp³-hybridized carbons (Fsp3) is 0.600. The lowest BCUT2D eigenvalue weighted by molar-refractivity contribution is -0.131. The Kier molecular flexibility index (Phi) is 5.92. The van der Waals surface area contributed by atoms with Gasteiger partial charge in [0.15, 0.2) is 5.82 Å². The van der Waals surface area contributed by atoms with Gasteiger partial charge in [0, 0.05) is 24.0 Å². The summed E-state index contributed by atoms with van der Waals surface area (Å²) in [7, 11) is 0. The summed E-state index contributed by atoms with van der Waals surface area (Å²) >= 11 is 6.33. The van der Waals surface area contributed by atoms with E-state index >= 15 is 0 Å². The quantitative estimate of drug-likeness (QED) is 0.768. The third-order valence-corrected chi connectivity index (χ3v) is 6.36. The molecule has 0 N–H and O–H groups in total. The van der Waals surface area contributed by atoms with Crippen molar-refractivity contribution >= 4 is 17.5 Å². The highest BCUT2D eigenvalue weighted by Crippen LogP contribution is 2.32. The summed E-state index contributed by atoms with van der Waals surface area (Å²) in [5.74, 6) is 1.91. The van der Waals surface area contributed by atoms with Crippen LogP contribution in [-0.4, -0.2) is 62.1 Å². The average Bonchev–Trinajstić information content (AvgIpc) is 3.34. The second kappa shape index (κ2) is 8.57. The maximum absolute atomic E-state index is 12.8. The number of halogens is 1. The summed E-state index contributed by atoms with van der Waals surface area (Å²) in [6.07, 6.45) is 3.35. The molecular weight excluding hydrogens is 376 g/mol. The molecule has 2 saturated heterocycles. The molecule has 150 valence electrons. The molecule has 1 aromatic carbocycles. The Labute approximate surface area is 170 Å². The third kappa shape index (κ3) is 4.36. The van der Waals surface area contributed by atoms with Crippen molar-refractivity contribution in [3.8, 4) is 0 Å². The zero-order valence-corrected chi connectivity index (χ0v) is 17.1. The average molecular weight is 403 g/mol. The SMILES string of the molecule is CC1CCN(Cc2nnnn2CC(=O)N2CCC(c3ccccc3Cl)C2)CC1. The number of rotatable bonds is 5. The number of tetrazole rings is 1. The van der Waals surface area contributed by atoms with Crippen LogP contribution in [0.3, 0.4) is 0 Å². The Hall–Kier alpha value is -1.99. The second-order valence-corrected chi connectivity index (χ2v) is 8.47. The highest BCUT2D eigenvalue weighted by molar-refractivity contribution is 6.31. The Bertz CT molecular complexity index is 817. The number of benzene rings is 1. The molecule has 8 heteroatoms. The lowest BCUT2D eigenvalue weighted by Gasteiger charge is -2.29. The lowest BCUT2D eigenvalue weighted by Crippen LogP contribution is -2.35. The number of carbonyl (C=O) groups excluding carboxylic acids is 1. The van der Waals surface area contributed by atoms with Crippen LogP contribution in [0, 0.1) is 5.92 Å². The number of likely N-dealkylation sites (tertiary alicyclic amines) is 2. The summed E-state index contributed by atoms with van der Waals surface area (Å²) in [5.41, 5.74) is 1.13. The maximum Gasteiger partial charge on any atom is 0.244 e. The molecule has 2 fully saturated rings. The first-order chi connectivity index (χ1) is 13.6. The number of carbonyl (C=O) groups is 1. The molecule has 1 unspecified atom stereocenters. The van der Waals surface area contributed by atoms with Crippen molar-refractivity contribution in [1.82, 2.24) is 30.0 Å². The van der Waals surface area contributed by atoms with E-state index in [1.54, 1.807) is 4.68 Å². The van der Waals surface area contributed by atoms with Crippen molar-refractivity contribution in [2.75, 3.05) is 26.2 Å². The van der Waals surface area contributed by atoms with Crippen molar-refractivity contribution in [2.24, 2.45) is 5.92 Å². The van der Waals surface area contributed by atoms with Gasteiger partial charge in [-0.1, -0.05) is 36.7 Å². The van der Waals surface area contributed by atoms with Gasteiger partial charge in [0.05, 0.1) is 6.54 Å². The van der Waals surface area contributed by atoms with Crippen LogP contribution in [0.1, 0.15) is 43.5 Å². The zero-order valence-electron chi connectivity index (χ0n) is 16.3. The highest BCUT2D eigenvalue weighted by Gasteiger charge is 2.29. The van der Waals surface area contributed by atoms with E-state index in [9.17, 15) is 4.79 Å². The van der Waals surface area contributed by atoms with Gasteiger partial charge in [-0.15, -0.1) is 5.10 Å². The minimum Gasteiger partial charge on any atom is -0.340 e. The Morgan fingerprint density at radius 2 is 1.96 bits per heavy atom. The summed E-state index contributed by atoms with van der Waals surface area (Å²) in [6.45, 7) is 6.77. The molecule has 0 spiro atoms. The van der Waals surface area contributed by atoms with E-state index in [0.29, 0.717) is 19.0 Å². The molecule has 0 aliphatic carbocycles. The maximum atomic E-state index is 12.8. The number of nitrogens with zero attached hydrogens (tertiary/aromatic N) is 6. The standard InChI is InChI=1S/C20H27ClN6O/c1-15-6-9-25(10-7-15)13-19-22-23-24-27(19)14-20(28)26-11-8-16(12-26)17-4-2-3-5-18(17)21/h2-5,15-16H,6-14H2,1H3. The first kappa shape index (κ1) is 19.3. The van der Waals surface area contributed by atoms with Crippen LogP contribution >= 0.6 is 11.6 Å². The minimum atomic E-state index is 0.0652. The molecule has 0 radical (unpaired) electrons. The van der Waals surface area contributed by atoms with Crippen LogP contribution in [0.2, 0.25) is 5.02 Å². The Morgan fingerprint density at radius 1 is 1.18 bits per heavy atom. The predicted molar refractivity (Wildman–Crippen MR) is 107 cm³/mol. The molecule has 1 amide bonds. The van der Waals surface area contributed by atoms with Crippen molar-refractivity contribution < 1.29 is 4.79 Å². The van der Waals surface area contributed by atoms with Crippen LogP contribution in [0.25, 0.3) is 0 Å². The number of amides is 1. The summed E-state index contributed by atoms with van der Waals surface area (Å²) in [6, 6.07) is 7.91. The fourth-order valence-corrected chi connectivity index (χ4v) is 4.44. The van der Waals surface area contributed by atoms with Crippen molar-refractivity contribution in [3.63, 3.8) is 0 Å². The van der Waals surface area contributed by atoms with Crippen LogP contribution in [-0.2, 0) is 17.9 Å². The van der Waals surface area contributed by atoms with Gasteiger partial charge in [0.1, 0.15) is 6.54 Å². The van der Waals surface area contributed by atoms with Gasteiger partial charge in [0.25, 0.3) is 0 Å². The van der Waals surface area contributed by atoms with Gasteiger partial charge in [0.2, 0.25) is 5.91 Å². The highest BCUT2D eigenvalue weighted by atomic mass is 35.5. The van der Waals surface area contributed by atoms with Gasteiger partial charge in [-0.05, 0) is 60.3 Å². The van der Waals surface area contributed by atoms with Gasteiger partial charge in [-0.2, -0.15) is 0 Å². The van der Waals surface area contributed by atoms with Crippen LogP contribution in [0.5, 0.6) is 0 Å². The van der Waals surface area contributed by atoms with E-state index in [2.05, 4.69) is 33.4 Å². The van der Waals surface area contributed by atoms with Crippen LogP contribution in [0.4, 0.5) is 0 Å². The fourth-order valence-electron chi connectivity index (χ4n) is 4.15. The number of aromatic nitrogens is 4. The van der Waals surface area contributed by atoms with E-state index < -0.39 is 0 Å². The summed E-state index contributed by atoms with van der Waals surface area (Å²) in [5, 5.41) is 12.8. The first-order valence-corrected chi connectivity index (χ1v) is 10.5. The number of hydrogen-bond acceptors (Lipinski definition) is 5. The number of piperidine rings is 1. The van der Waals surface area contributed by atoms with Crippen molar-refractivity contribution in [2.45, 2.75) is 45.2 Å². The van der Waals surface area contributed by atoms with E-state index in [1.807, 2.05) is 23.1 Å². The van der Waals surface area contributed by atoms with Gasteiger partial charge >= 0.3 is 0 Å². The van der Waals surface area contributed by atoms with Gasteiger partial charge in [-0.25, -0.2) is 4.68 Å². The topological polar surface area (TPSA) is 67.2 Å². The predicted octanol–water partition coefficient (Wildman–Crippen LogP) is 2.57. The van der Waals surface area contributed by atoms with Crippen LogP contribution < -0.4 is 0 Å². The minimum absolute atomic E-state index is 0.0652. The Balaban J connectivity index is 1.35.